The number of aliphatic carboxylic acids is 1. The van der Waals surface area contributed by atoms with E-state index in [9.17, 15) is 14.5 Å². The molecule has 0 aliphatic heterocycles. The molecule has 9 heteroatoms. The van der Waals surface area contributed by atoms with E-state index >= 15 is 0 Å². The van der Waals surface area contributed by atoms with Gasteiger partial charge in [-0.2, -0.15) is 4.57 Å². The van der Waals surface area contributed by atoms with Crippen molar-refractivity contribution in [3.8, 4) is 0 Å². The third-order valence-corrected chi connectivity index (χ3v) is 4.02. The van der Waals surface area contributed by atoms with Crippen molar-refractivity contribution in [2.45, 2.75) is 18.3 Å². The van der Waals surface area contributed by atoms with Crippen molar-refractivity contribution in [1.82, 2.24) is 0 Å². The lowest BCUT2D eigenvalue weighted by Gasteiger charge is -2.22. The summed E-state index contributed by atoms with van der Waals surface area (Å²) in [5.74, 6) is -1.97. The van der Waals surface area contributed by atoms with Crippen LogP contribution in [0.25, 0.3) is 0 Å². The molecule has 0 saturated heterocycles. The van der Waals surface area contributed by atoms with Crippen LogP contribution >= 0.6 is 19.8 Å². The highest BCUT2D eigenvalue weighted by molar-refractivity contribution is 7.78. The average molecular weight is 306 g/mol. The predicted octanol–water partition coefficient (Wildman–Crippen LogP) is -0.533. The summed E-state index contributed by atoms with van der Waals surface area (Å²) in [6, 6.07) is 4.68. The van der Waals surface area contributed by atoms with Gasteiger partial charge in [0.25, 0.3) is 5.34 Å². The summed E-state index contributed by atoms with van der Waals surface area (Å²) in [5, 5.41) is 16.8. The van der Waals surface area contributed by atoms with Crippen molar-refractivity contribution < 1.29 is 33.9 Å². The van der Waals surface area contributed by atoms with E-state index in [-0.39, 0.29) is 12.2 Å². The number of aliphatic hydroxyl groups is 1. The third-order valence-electron chi connectivity index (χ3n) is 2.56. The van der Waals surface area contributed by atoms with Crippen molar-refractivity contribution in [2.75, 3.05) is 0 Å². The zero-order chi connectivity index (χ0) is 14.7. The van der Waals surface area contributed by atoms with Gasteiger partial charge in [0.15, 0.2) is 18.4 Å². The maximum absolute atomic E-state index is 11.2. The number of carboxylic acid groups (broad SMARTS) is 1. The molecule has 0 radical (unpaired) electrons. The molecule has 1 aromatic heterocycles. The summed E-state index contributed by atoms with van der Waals surface area (Å²) in [7, 11) is -5.24. The summed E-state index contributed by atoms with van der Waals surface area (Å²) in [6.07, 6.45) is 0.844. The Labute approximate surface area is 114 Å². The van der Waals surface area contributed by atoms with Crippen molar-refractivity contribution in [2.24, 2.45) is 0 Å². The van der Waals surface area contributed by atoms with E-state index in [0.717, 1.165) is 0 Å². The van der Waals surface area contributed by atoms with Crippen LogP contribution < -0.4 is 4.57 Å². The van der Waals surface area contributed by atoms with Gasteiger partial charge in [-0.05, 0) is 0 Å². The van der Waals surface area contributed by atoms with Crippen LogP contribution in [0.15, 0.2) is 24.4 Å². The van der Waals surface area contributed by atoms with Gasteiger partial charge < -0.3 is 20.0 Å². The van der Waals surface area contributed by atoms with Crippen LogP contribution in [0.2, 0.25) is 0 Å². The van der Waals surface area contributed by atoms with Gasteiger partial charge in [0, 0.05) is 17.5 Å². The quantitative estimate of drug-likeness (QED) is 0.317. The molecule has 7 nitrogen and oxygen atoms in total. The maximum Gasteiger partial charge on any atom is 0.369 e. The van der Waals surface area contributed by atoms with E-state index in [1.54, 1.807) is 18.3 Å². The first-order valence-electron chi connectivity index (χ1n) is 5.15. The minimum atomic E-state index is -5.24. The van der Waals surface area contributed by atoms with Gasteiger partial charge in [-0.15, -0.1) is 0 Å². The van der Waals surface area contributed by atoms with E-state index in [1.807, 2.05) is 0 Å². The summed E-state index contributed by atoms with van der Waals surface area (Å²) in [5.41, 5.74) is 0.247. The first-order chi connectivity index (χ1) is 8.72. The van der Waals surface area contributed by atoms with E-state index in [1.165, 1.54) is 16.0 Å². The van der Waals surface area contributed by atoms with Gasteiger partial charge in [-0.25, -0.2) is 4.79 Å². The Bertz CT molecular complexity index is 545. The van der Waals surface area contributed by atoms with Crippen LogP contribution in [-0.2, 0) is 22.3 Å². The Morgan fingerprint density at radius 2 is 2.11 bits per heavy atom. The van der Waals surface area contributed by atoms with E-state index in [2.05, 4.69) is 12.2 Å². The van der Waals surface area contributed by atoms with Crippen LogP contribution in [-0.4, -0.2) is 36.7 Å². The van der Waals surface area contributed by atoms with Crippen LogP contribution in [0.3, 0.4) is 0 Å². The summed E-state index contributed by atoms with van der Waals surface area (Å²) in [4.78, 5) is 29.0. The largest absolute Gasteiger partial charge is 0.479 e. The number of aromatic nitrogens is 1. The van der Waals surface area contributed by atoms with Crippen LogP contribution in [0.4, 0.5) is 0 Å². The minimum Gasteiger partial charge on any atom is -0.479 e. The maximum atomic E-state index is 11.2. The average Bonchev–Trinajstić information content (AvgIpc) is 2.30. The lowest BCUT2D eigenvalue weighted by Crippen LogP contribution is -2.46. The fraction of sp³-hybridized carbons (Fsp3) is 0.300. The van der Waals surface area contributed by atoms with Crippen molar-refractivity contribution >= 4 is 31.2 Å². The molecule has 0 spiro atoms. The second kappa shape index (κ2) is 5.85. The van der Waals surface area contributed by atoms with Gasteiger partial charge in [0.1, 0.15) is 0 Å². The number of nitrogens with zero attached hydrogens (tertiary/aromatic N) is 1. The number of hydrogen-bond donors (Lipinski definition) is 4. The van der Waals surface area contributed by atoms with E-state index in [0.29, 0.717) is 0 Å². The summed E-state index contributed by atoms with van der Waals surface area (Å²) < 4.78 is 12.7. The molecule has 4 N–H and O–H groups in total. The normalized spacial score (nSPS) is 14.7. The van der Waals surface area contributed by atoms with Crippen molar-refractivity contribution in [1.29, 1.82) is 0 Å². The zero-order valence-corrected chi connectivity index (χ0v) is 11.4. The standard InChI is InChI=1S/C10H12NO6PS/c12-9(13)10(14,18(15,16)17)7-8-3-1-2-4-11(8)5-6-19/h1-4,6,14H,5,7H2,(H2-,12,13,15,16,17)/p+1. The fourth-order valence-electron chi connectivity index (χ4n) is 1.49. The van der Waals surface area contributed by atoms with Gasteiger partial charge >= 0.3 is 13.6 Å². The fourth-order valence-corrected chi connectivity index (χ4v) is 2.26. The molecule has 0 aliphatic carbocycles. The Morgan fingerprint density at radius 1 is 1.47 bits per heavy atom. The van der Waals surface area contributed by atoms with Crippen LogP contribution in [0, 0.1) is 0 Å². The number of carbonyl (C=O) groups is 1. The molecule has 1 heterocycles. The molecule has 0 aromatic carbocycles. The molecule has 1 unspecified atom stereocenters. The molecular weight excluding hydrogens is 293 g/mol. The smallest absolute Gasteiger partial charge is 0.369 e. The molecular formula is C10H13NO6PS+. The molecule has 0 saturated carbocycles. The van der Waals surface area contributed by atoms with E-state index in [4.69, 9.17) is 14.9 Å². The molecule has 0 bridgehead atoms. The topological polar surface area (TPSA) is 119 Å². The van der Waals surface area contributed by atoms with Crippen molar-refractivity contribution in [3.05, 3.63) is 30.1 Å². The highest BCUT2D eigenvalue weighted by Gasteiger charge is 2.54. The minimum absolute atomic E-state index is 0.247. The molecule has 104 valence electrons. The zero-order valence-electron chi connectivity index (χ0n) is 9.71. The van der Waals surface area contributed by atoms with Gasteiger partial charge in [-0.3, -0.25) is 4.57 Å². The van der Waals surface area contributed by atoms with Gasteiger partial charge in [0.2, 0.25) is 0 Å². The number of hydrogen-bond acceptors (Lipinski definition) is 4. The number of pyridine rings is 1. The first kappa shape index (κ1) is 15.9. The molecule has 0 fully saturated rings. The molecule has 1 rings (SSSR count). The lowest BCUT2D eigenvalue weighted by atomic mass is 10.1. The van der Waals surface area contributed by atoms with E-state index < -0.39 is 25.3 Å². The first-order valence-corrected chi connectivity index (χ1v) is 7.23. The number of thiocarbonyl (C=S) groups is 1. The Balaban J connectivity index is 3.22. The summed E-state index contributed by atoms with van der Waals surface area (Å²) >= 11 is 4.68. The molecule has 1 atom stereocenters. The van der Waals surface area contributed by atoms with Crippen molar-refractivity contribution in [3.63, 3.8) is 0 Å². The highest BCUT2D eigenvalue weighted by Crippen LogP contribution is 2.50. The highest BCUT2D eigenvalue weighted by atomic mass is 32.1. The number of carboxylic acids is 1. The molecule has 0 amide bonds. The molecule has 0 aliphatic rings. The lowest BCUT2D eigenvalue weighted by molar-refractivity contribution is -0.688. The van der Waals surface area contributed by atoms with Gasteiger partial charge in [-0.1, -0.05) is 18.3 Å². The summed E-state index contributed by atoms with van der Waals surface area (Å²) in [6.45, 7) is 0.252. The SMILES string of the molecule is O=C(O)C(O)(Cc1cccc[n+]1CC=S)P(=O)(O)O. The second-order valence-corrected chi connectivity index (χ2v) is 6.01. The monoisotopic (exact) mass is 306 g/mol. The second-order valence-electron chi connectivity index (χ2n) is 3.85. The Kier molecular flexibility index (Phi) is 4.89. The molecule has 19 heavy (non-hydrogen) atoms. The predicted molar refractivity (Wildman–Crippen MR) is 68.6 cm³/mol. The van der Waals surface area contributed by atoms with Gasteiger partial charge in [0.05, 0.1) is 6.42 Å². The Hall–Kier alpha value is -1.18. The van der Waals surface area contributed by atoms with Crippen LogP contribution in [0.5, 0.6) is 0 Å². The number of rotatable bonds is 6. The van der Waals surface area contributed by atoms with Crippen LogP contribution in [0.1, 0.15) is 5.69 Å². The molecule has 1 aromatic rings. The Morgan fingerprint density at radius 3 is 2.58 bits per heavy atom. The third kappa shape index (κ3) is 3.43.